The molecule has 3 N–H and O–H groups in total. The molecule has 1 saturated heterocycles. The molecule has 2 aromatic rings. The normalized spacial score (nSPS) is 20.4. The number of carbonyl (C=O) groups excluding carboxylic acids is 1. The summed E-state index contributed by atoms with van der Waals surface area (Å²) >= 11 is 0. The second kappa shape index (κ2) is 7.35. The number of benzene rings is 1. The summed E-state index contributed by atoms with van der Waals surface area (Å²) in [5.41, 5.74) is 8.75. The van der Waals surface area contributed by atoms with E-state index < -0.39 is 0 Å². The van der Waals surface area contributed by atoms with Crippen LogP contribution in [-0.4, -0.2) is 29.6 Å². The summed E-state index contributed by atoms with van der Waals surface area (Å²) in [6.07, 6.45) is 5.63. The van der Waals surface area contributed by atoms with Crippen LogP contribution in [0.3, 0.4) is 0 Å². The second-order valence-electron chi connectivity index (χ2n) is 5.78. The molecule has 0 spiro atoms. The summed E-state index contributed by atoms with van der Waals surface area (Å²) in [4.78, 5) is 16.2. The van der Waals surface area contributed by atoms with Crippen LogP contribution in [0.1, 0.15) is 24.0 Å². The molecule has 1 fully saturated rings. The lowest BCUT2D eigenvalue weighted by atomic mass is 10.1. The Balaban J connectivity index is 1.56. The minimum atomic E-state index is -0.389. The van der Waals surface area contributed by atoms with E-state index in [0.29, 0.717) is 6.54 Å². The highest BCUT2D eigenvalue weighted by Crippen LogP contribution is 2.21. The molecule has 23 heavy (non-hydrogen) atoms. The minimum absolute atomic E-state index is 0.00786. The number of aromatic nitrogens is 1. The highest BCUT2D eigenvalue weighted by atomic mass is 16.5. The van der Waals surface area contributed by atoms with E-state index in [1.54, 1.807) is 12.4 Å². The van der Waals surface area contributed by atoms with Crippen LogP contribution >= 0.6 is 0 Å². The van der Waals surface area contributed by atoms with Gasteiger partial charge in [-0.15, -0.1) is 0 Å². The molecule has 5 heteroatoms. The van der Waals surface area contributed by atoms with Gasteiger partial charge in [0.25, 0.3) is 5.91 Å². The van der Waals surface area contributed by atoms with Crippen LogP contribution in [-0.2, 0) is 16.0 Å². The van der Waals surface area contributed by atoms with Crippen molar-refractivity contribution >= 4 is 11.6 Å². The molecule has 3 rings (SSSR count). The van der Waals surface area contributed by atoms with E-state index in [-0.39, 0.29) is 18.1 Å². The third-order valence-corrected chi connectivity index (χ3v) is 4.04. The molecule has 0 saturated carbocycles. The lowest BCUT2D eigenvalue weighted by molar-refractivity contribution is -0.126. The molecule has 2 heterocycles. The van der Waals surface area contributed by atoms with Gasteiger partial charge in [0, 0.05) is 24.6 Å². The lowest BCUT2D eigenvalue weighted by Gasteiger charge is -2.13. The molecule has 0 radical (unpaired) electrons. The van der Waals surface area contributed by atoms with Crippen molar-refractivity contribution in [2.45, 2.75) is 31.5 Å². The Hall–Kier alpha value is -2.24. The first-order chi connectivity index (χ1) is 11.2. The Morgan fingerprint density at radius 3 is 2.48 bits per heavy atom. The topological polar surface area (TPSA) is 77.2 Å². The number of ether oxygens (including phenoxy) is 1. The molecular weight excluding hydrogens is 290 g/mol. The van der Waals surface area contributed by atoms with Crippen molar-refractivity contribution in [1.29, 1.82) is 0 Å². The molecule has 1 aromatic heterocycles. The largest absolute Gasteiger partial charge is 0.364 e. The van der Waals surface area contributed by atoms with Crippen LogP contribution in [0.2, 0.25) is 0 Å². The Bertz CT molecular complexity index is 643. The number of carbonyl (C=O) groups is 1. The predicted molar refractivity (Wildman–Crippen MR) is 89.1 cm³/mol. The van der Waals surface area contributed by atoms with Crippen LogP contribution in [0.5, 0.6) is 0 Å². The van der Waals surface area contributed by atoms with E-state index in [4.69, 9.17) is 10.5 Å². The maximum absolute atomic E-state index is 12.2. The number of amides is 1. The van der Waals surface area contributed by atoms with Gasteiger partial charge in [-0.1, -0.05) is 12.1 Å². The average molecular weight is 311 g/mol. The highest BCUT2D eigenvalue weighted by Gasteiger charge is 2.29. The molecule has 120 valence electrons. The predicted octanol–water partition coefficient (Wildman–Crippen LogP) is 2.12. The number of nitrogens with zero attached hydrogens (tertiary/aromatic N) is 1. The molecule has 0 unspecified atom stereocenters. The SMILES string of the molecule is NC[C@H]1CC[C@@H](C(=O)Nc2ccc(Cc3ccncc3)cc2)O1. The molecule has 5 nitrogen and oxygen atoms in total. The molecule has 1 amide bonds. The first-order valence-corrected chi connectivity index (χ1v) is 7.89. The number of pyridine rings is 1. The Morgan fingerprint density at radius 1 is 1.13 bits per heavy atom. The van der Waals surface area contributed by atoms with Gasteiger partial charge in [0.1, 0.15) is 6.10 Å². The van der Waals surface area contributed by atoms with Crippen molar-refractivity contribution < 1.29 is 9.53 Å². The summed E-state index contributed by atoms with van der Waals surface area (Å²) in [5.74, 6) is -0.0946. The summed E-state index contributed by atoms with van der Waals surface area (Å²) in [7, 11) is 0. The van der Waals surface area contributed by atoms with E-state index in [2.05, 4.69) is 10.3 Å². The van der Waals surface area contributed by atoms with E-state index >= 15 is 0 Å². The van der Waals surface area contributed by atoms with Crippen molar-refractivity contribution in [2.75, 3.05) is 11.9 Å². The van der Waals surface area contributed by atoms with Gasteiger partial charge in [0.15, 0.2) is 0 Å². The summed E-state index contributed by atoms with van der Waals surface area (Å²) in [5, 5.41) is 2.90. The van der Waals surface area contributed by atoms with Crippen molar-refractivity contribution in [1.82, 2.24) is 4.98 Å². The van der Waals surface area contributed by atoms with Gasteiger partial charge in [-0.3, -0.25) is 9.78 Å². The van der Waals surface area contributed by atoms with Crippen LogP contribution in [0, 0.1) is 0 Å². The second-order valence-corrected chi connectivity index (χ2v) is 5.78. The standard InChI is InChI=1S/C18H21N3O2/c19-12-16-5-6-17(23-16)18(22)21-15-3-1-13(2-4-15)11-14-7-9-20-10-8-14/h1-4,7-10,16-17H,5-6,11-12,19H2,(H,21,22)/t16-,17+/m1/s1. The zero-order chi connectivity index (χ0) is 16.1. The fourth-order valence-electron chi connectivity index (χ4n) is 2.74. The Kier molecular flexibility index (Phi) is 5.00. The fraction of sp³-hybridized carbons (Fsp3) is 0.333. The molecule has 1 aliphatic rings. The van der Waals surface area contributed by atoms with Gasteiger partial charge in [0.05, 0.1) is 6.10 Å². The first kappa shape index (κ1) is 15.6. The summed E-state index contributed by atoms with van der Waals surface area (Å²) in [6.45, 7) is 0.466. The lowest BCUT2D eigenvalue weighted by Crippen LogP contribution is -2.29. The van der Waals surface area contributed by atoms with Crippen LogP contribution in [0.4, 0.5) is 5.69 Å². The number of nitrogens with one attached hydrogen (secondary N) is 1. The van der Waals surface area contributed by atoms with E-state index in [1.807, 2.05) is 36.4 Å². The molecule has 0 aliphatic carbocycles. The zero-order valence-electron chi connectivity index (χ0n) is 12.9. The van der Waals surface area contributed by atoms with E-state index in [1.165, 1.54) is 11.1 Å². The smallest absolute Gasteiger partial charge is 0.253 e. The maximum atomic E-state index is 12.2. The summed E-state index contributed by atoms with van der Waals surface area (Å²) < 4.78 is 5.60. The molecule has 2 atom stereocenters. The number of nitrogens with two attached hydrogens (primary N) is 1. The van der Waals surface area contributed by atoms with Crippen molar-refractivity contribution in [3.05, 3.63) is 59.9 Å². The van der Waals surface area contributed by atoms with Crippen LogP contribution < -0.4 is 11.1 Å². The number of hydrogen-bond acceptors (Lipinski definition) is 4. The number of rotatable bonds is 5. The van der Waals surface area contributed by atoms with Crippen LogP contribution in [0.15, 0.2) is 48.8 Å². The molecular formula is C18H21N3O2. The molecule has 1 aliphatic heterocycles. The van der Waals surface area contributed by atoms with E-state index in [0.717, 1.165) is 24.9 Å². The highest BCUT2D eigenvalue weighted by molar-refractivity contribution is 5.94. The van der Waals surface area contributed by atoms with Gasteiger partial charge in [0.2, 0.25) is 0 Å². The van der Waals surface area contributed by atoms with Crippen LogP contribution in [0.25, 0.3) is 0 Å². The van der Waals surface area contributed by atoms with Gasteiger partial charge < -0.3 is 15.8 Å². The fourth-order valence-corrected chi connectivity index (χ4v) is 2.74. The number of anilines is 1. The van der Waals surface area contributed by atoms with Gasteiger partial charge in [-0.25, -0.2) is 0 Å². The molecule has 1 aromatic carbocycles. The third kappa shape index (κ3) is 4.15. The Labute approximate surface area is 135 Å². The van der Waals surface area contributed by atoms with Crippen molar-refractivity contribution in [3.8, 4) is 0 Å². The van der Waals surface area contributed by atoms with E-state index in [9.17, 15) is 4.79 Å². The van der Waals surface area contributed by atoms with Crippen molar-refractivity contribution in [3.63, 3.8) is 0 Å². The summed E-state index contributed by atoms with van der Waals surface area (Å²) in [6, 6.07) is 11.9. The Morgan fingerprint density at radius 2 is 1.83 bits per heavy atom. The molecule has 0 bridgehead atoms. The van der Waals surface area contributed by atoms with Gasteiger partial charge >= 0.3 is 0 Å². The van der Waals surface area contributed by atoms with Gasteiger partial charge in [-0.2, -0.15) is 0 Å². The third-order valence-electron chi connectivity index (χ3n) is 4.04. The van der Waals surface area contributed by atoms with Gasteiger partial charge in [-0.05, 0) is 54.7 Å². The first-order valence-electron chi connectivity index (χ1n) is 7.89. The maximum Gasteiger partial charge on any atom is 0.253 e. The average Bonchev–Trinajstić information content (AvgIpc) is 3.07. The number of hydrogen-bond donors (Lipinski definition) is 2. The minimum Gasteiger partial charge on any atom is -0.364 e. The monoisotopic (exact) mass is 311 g/mol. The zero-order valence-corrected chi connectivity index (χ0v) is 12.9. The van der Waals surface area contributed by atoms with Crippen molar-refractivity contribution in [2.24, 2.45) is 5.73 Å². The quantitative estimate of drug-likeness (QED) is 0.886.